The number of piperidine rings is 1. The molecule has 2 aromatic rings. The van der Waals surface area contributed by atoms with Crippen LogP contribution in [0.5, 0.6) is 0 Å². The number of rotatable bonds is 4. The SMILES string of the molecule is CCS(=O)(=O)c1ccccc1C(=O)N1CCCC(n2cccn2)C1. The molecule has 1 unspecified atom stereocenters. The standard InChI is InChI=1S/C17H21N3O3S/c1-2-24(22,23)16-9-4-3-8-15(16)17(21)19-11-5-7-14(13-19)20-12-6-10-18-20/h3-4,6,8-10,12,14H,2,5,7,11,13H2,1H3. The monoisotopic (exact) mass is 347 g/mol. The number of nitrogens with zero attached hydrogens (tertiary/aromatic N) is 3. The maximum absolute atomic E-state index is 12.9. The lowest BCUT2D eigenvalue weighted by molar-refractivity contribution is 0.0669. The van der Waals surface area contributed by atoms with Crippen molar-refractivity contribution in [2.75, 3.05) is 18.8 Å². The first-order chi connectivity index (χ1) is 11.5. The molecule has 0 aliphatic carbocycles. The Morgan fingerprint density at radius 2 is 2.08 bits per heavy atom. The highest BCUT2D eigenvalue weighted by Crippen LogP contribution is 2.24. The third-order valence-corrected chi connectivity index (χ3v) is 6.20. The van der Waals surface area contributed by atoms with E-state index in [0.717, 1.165) is 12.8 Å². The zero-order valence-corrected chi connectivity index (χ0v) is 14.4. The molecule has 1 aliphatic rings. The van der Waals surface area contributed by atoms with Crippen molar-refractivity contribution in [2.45, 2.75) is 30.7 Å². The molecule has 1 aromatic carbocycles. The Morgan fingerprint density at radius 3 is 2.79 bits per heavy atom. The van der Waals surface area contributed by atoms with Crippen LogP contribution in [0.3, 0.4) is 0 Å². The van der Waals surface area contributed by atoms with Crippen molar-refractivity contribution in [2.24, 2.45) is 0 Å². The summed E-state index contributed by atoms with van der Waals surface area (Å²) in [5.74, 6) is -0.243. The predicted molar refractivity (Wildman–Crippen MR) is 90.6 cm³/mol. The topological polar surface area (TPSA) is 72.3 Å². The summed E-state index contributed by atoms with van der Waals surface area (Å²) in [6.07, 6.45) is 5.46. The zero-order chi connectivity index (χ0) is 17.2. The third-order valence-electron chi connectivity index (χ3n) is 4.42. The molecular weight excluding hydrogens is 326 g/mol. The van der Waals surface area contributed by atoms with Crippen LogP contribution in [0.25, 0.3) is 0 Å². The molecular formula is C17H21N3O3S. The van der Waals surface area contributed by atoms with Crippen LogP contribution in [0.15, 0.2) is 47.6 Å². The van der Waals surface area contributed by atoms with Gasteiger partial charge in [-0.25, -0.2) is 8.42 Å². The highest BCUT2D eigenvalue weighted by Gasteiger charge is 2.29. The van der Waals surface area contributed by atoms with Crippen molar-refractivity contribution >= 4 is 15.7 Å². The van der Waals surface area contributed by atoms with Gasteiger partial charge in [0.25, 0.3) is 5.91 Å². The quantitative estimate of drug-likeness (QED) is 0.849. The molecule has 2 heterocycles. The maximum Gasteiger partial charge on any atom is 0.255 e. The lowest BCUT2D eigenvalue weighted by Crippen LogP contribution is -2.41. The van der Waals surface area contributed by atoms with Gasteiger partial charge in [-0.05, 0) is 31.0 Å². The number of likely N-dealkylation sites (tertiary alicyclic amines) is 1. The summed E-state index contributed by atoms with van der Waals surface area (Å²) in [7, 11) is -3.43. The smallest absolute Gasteiger partial charge is 0.255 e. The van der Waals surface area contributed by atoms with Crippen LogP contribution in [0.4, 0.5) is 0 Å². The number of aromatic nitrogens is 2. The molecule has 1 fully saturated rings. The second-order valence-electron chi connectivity index (χ2n) is 5.93. The average molecular weight is 347 g/mol. The first kappa shape index (κ1) is 16.7. The van der Waals surface area contributed by atoms with E-state index < -0.39 is 9.84 Å². The number of hydrogen-bond acceptors (Lipinski definition) is 4. The highest BCUT2D eigenvalue weighted by atomic mass is 32.2. The number of hydrogen-bond donors (Lipinski definition) is 0. The average Bonchev–Trinajstić information content (AvgIpc) is 3.16. The van der Waals surface area contributed by atoms with E-state index in [4.69, 9.17) is 0 Å². The minimum atomic E-state index is -3.43. The van der Waals surface area contributed by atoms with Crippen molar-refractivity contribution in [1.82, 2.24) is 14.7 Å². The van der Waals surface area contributed by atoms with Gasteiger partial charge in [0.05, 0.1) is 22.3 Å². The zero-order valence-electron chi connectivity index (χ0n) is 13.6. The first-order valence-electron chi connectivity index (χ1n) is 8.13. The molecule has 1 atom stereocenters. The molecule has 1 aromatic heterocycles. The van der Waals surface area contributed by atoms with E-state index >= 15 is 0 Å². The summed E-state index contributed by atoms with van der Waals surface area (Å²) in [5, 5.41) is 4.26. The van der Waals surface area contributed by atoms with Gasteiger partial charge in [-0.3, -0.25) is 9.48 Å². The number of amides is 1. The van der Waals surface area contributed by atoms with Gasteiger partial charge in [-0.2, -0.15) is 5.10 Å². The van der Waals surface area contributed by atoms with Gasteiger partial charge in [0.2, 0.25) is 0 Å². The van der Waals surface area contributed by atoms with Crippen molar-refractivity contribution < 1.29 is 13.2 Å². The van der Waals surface area contributed by atoms with Crippen LogP contribution in [0.2, 0.25) is 0 Å². The Balaban J connectivity index is 1.87. The number of carbonyl (C=O) groups is 1. The van der Waals surface area contributed by atoms with Gasteiger partial charge in [0, 0.05) is 25.5 Å². The molecule has 0 spiro atoms. The van der Waals surface area contributed by atoms with Gasteiger partial charge < -0.3 is 4.90 Å². The fourth-order valence-corrected chi connectivity index (χ4v) is 4.18. The lowest BCUT2D eigenvalue weighted by Gasteiger charge is -2.33. The molecule has 0 N–H and O–H groups in total. The fraction of sp³-hybridized carbons (Fsp3) is 0.412. The Kier molecular flexibility index (Phi) is 4.71. The summed E-state index contributed by atoms with van der Waals surface area (Å²) in [6, 6.07) is 8.47. The molecule has 7 heteroatoms. The van der Waals surface area contributed by atoms with Crippen LogP contribution in [-0.2, 0) is 9.84 Å². The molecule has 24 heavy (non-hydrogen) atoms. The summed E-state index contributed by atoms with van der Waals surface area (Å²) in [5.41, 5.74) is 0.264. The Labute approximate surface area is 142 Å². The van der Waals surface area contributed by atoms with Gasteiger partial charge in [0.15, 0.2) is 9.84 Å². The number of benzene rings is 1. The van der Waals surface area contributed by atoms with E-state index in [1.54, 1.807) is 36.2 Å². The van der Waals surface area contributed by atoms with Crippen LogP contribution < -0.4 is 0 Å². The Hall–Kier alpha value is -2.15. The molecule has 3 rings (SSSR count). The van der Waals surface area contributed by atoms with Gasteiger partial charge in [-0.1, -0.05) is 19.1 Å². The largest absolute Gasteiger partial charge is 0.336 e. The number of sulfone groups is 1. The van der Waals surface area contributed by atoms with E-state index in [1.807, 2.05) is 16.9 Å². The van der Waals surface area contributed by atoms with E-state index in [-0.39, 0.29) is 28.2 Å². The summed E-state index contributed by atoms with van der Waals surface area (Å²) < 4.78 is 26.4. The minimum absolute atomic E-state index is 0.0206. The second kappa shape index (κ2) is 6.76. The van der Waals surface area contributed by atoms with Crippen LogP contribution in [-0.4, -0.2) is 47.8 Å². The number of carbonyl (C=O) groups excluding carboxylic acids is 1. The van der Waals surface area contributed by atoms with Crippen molar-refractivity contribution in [3.8, 4) is 0 Å². The van der Waals surface area contributed by atoms with E-state index in [1.165, 1.54) is 6.07 Å². The van der Waals surface area contributed by atoms with Crippen LogP contribution >= 0.6 is 0 Å². The molecule has 1 amide bonds. The van der Waals surface area contributed by atoms with Crippen LogP contribution in [0.1, 0.15) is 36.2 Å². The molecule has 0 saturated carbocycles. The van der Waals surface area contributed by atoms with Gasteiger partial charge in [-0.15, -0.1) is 0 Å². The van der Waals surface area contributed by atoms with E-state index in [9.17, 15) is 13.2 Å². The normalized spacial score (nSPS) is 18.5. The highest BCUT2D eigenvalue weighted by molar-refractivity contribution is 7.91. The molecule has 128 valence electrons. The summed E-state index contributed by atoms with van der Waals surface area (Å²) in [4.78, 5) is 14.8. The van der Waals surface area contributed by atoms with E-state index in [0.29, 0.717) is 13.1 Å². The maximum atomic E-state index is 12.9. The van der Waals surface area contributed by atoms with Crippen molar-refractivity contribution in [1.29, 1.82) is 0 Å². The molecule has 0 bridgehead atoms. The van der Waals surface area contributed by atoms with Crippen molar-refractivity contribution in [3.05, 3.63) is 48.3 Å². The molecule has 1 saturated heterocycles. The Bertz CT molecular complexity index is 815. The second-order valence-corrected chi connectivity index (χ2v) is 8.18. The van der Waals surface area contributed by atoms with Gasteiger partial charge in [0.1, 0.15) is 0 Å². The Morgan fingerprint density at radius 1 is 1.29 bits per heavy atom. The molecule has 6 nitrogen and oxygen atoms in total. The molecule has 1 aliphatic heterocycles. The summed E-state index contributed by atoms with van der Waals surface area (Å²) in [6.45, 7) is 2.77. The lowest BCUT2D eigenvalue weighted by atomic mass is 10.0. The van der Waals surface area contributed by atoms with Gasteiger partial charge >= 0.3 is 0 Å². The molecule has 0 radical (unpaired) electrons. The fourth-order valence-electron chi connectivity index (χ4n) is 3.09. The van der Waals surface area contributed by atoms with Crippen molar-refractivity contribution in [3.63, 3.8) is 0 Å². The first-order valence-corrected chi connectivity index (χ1v) is 9.78. The minimum Gasteiger partial charge on any atom is -0.336 e. The van der Waals surface area contributed by atoms with Crippen LogP contribution in [0, 0.1) is 0 Å². The summed E-state index contributed by atoms with van der Waals surface area (Å²) >= 11 is 0. The van der Waals surface area contributed by atoms with E-state index in [2.05, 4.69) is 5.10 Å². The predicted octanol–water partition coefficient (Wildman–Crippen LogP) is 2.15. The third kappa shape index (κ3) is 3.21.